The van der Waals surface area contributed by atoms with Crippen LogP contribution in [-0.2, 0) is 13.1 Å². The molecule has 1 nitrogen and oxygen atoms in total. The minimum atomic E-state index is -0.221. The molecule has 2 aromatic rings. The fourth-order valence-electron chi connectivity index (χ4n) is 1.39. The standard InChI is InChI=1S/C12H11BrFNS/c13-11-5-9(1-2-12(11)14)6-15-7-10-3-4-16-8-10/h1-5,8,15H,6-7H2. The van der Waals surface area contributed by atoms with Gasteiger partial charge in [0.05, 0.1) is 4.47 Å². The highest BCUT2D eigenvalue weighted by molar-refractivity contribution is 9.10. The Hall–Kier alpha value is -0.710. The van der Waals surface area contributed by atoms with Gasteiger partial charge in [-0.3, -0.25) is 0 Å². The highest BCUT2D eigenvalue weighted by Crippen LogP contribution is 2.16. The van der Waals surface area contributed by atoms with E-state index in [2.05, 4.69) is 38.1 Å². The molecule has 0 spiro atoms. The number of halogens is 2. The number of hydrogen-bond acceptors (Lipinski definition) is 2. The van der Waals surface area contributed by atoms with Crippen LogP contribution in [0.5, 0.6) is 0 Å². The molecule has 0 unspecified atom stereocenters. The predicted molar refractivity (Wildman–Crippen MR) is 69.0 cm³/mol. The molecule has 0 bridgehead atoms. The molecule has 0 aliphatic rings. The van der Waals surface area contributed by atoms with E-state index in [9.17, 15) is 4.39 Å². The topological polar surface area (TPSA) is 12.0 Å². The predicted octanol–water partition coefficient (Wildman–Crippen LogP) is 3.94. The largest absolute Gasteiger partial charge is 0.309 e. The summed E-state index contributed by atoms with van der Waals surface area (Å²) in [5.74, 6) is -0.221. The van der Waals surface area contributed by atoms with E-state index in [4.69, 9.17) is 0 Å². The summed E-state index contributed by atoms with van der Waals surface area (Å²) in [6.45, 7) is 1.59. The van der Waals surface area contributed by atoms with E-state index in [0.29, 0.717) is 4.47 Å². The van der Waals surface area contributed by atoms with E-state index in [0.717, 1.165) is 18.7 Å². The Balaban J connectivity index is 1.87. The summed E-state index contributed by atoms with van der Waals surface area (Å²) in [4.78, 5) is 0. The number of benzene rings is 1. The van der Waals surface area contributed by atoms with Gasteiger partial charge in [0, 0.05) is 13.1 Å². The van der Waals surface area contributed by atoms with E-state index in [1.54, 1.807) is 23.5 Å². The maximum absolute atomic E-state index is 13.0. The molecule has 0 radical (unpaired) electrons. The van der Waals surface area contributed by atoms with Gasteiger partial charge in [0.1, 0.15) is 5.82 Å². The second-order valence-corrected chi connectivity index (χ2v) is 5.12. The van der Waals surface area contributed by atoms with Crippen molar-refractivity contribution in [3.8, 4) is 0 Å². The Bertz CT molecular complexity index is 456. The Kier molecular flexibility index (Phi) is 4.09. The molecular weight excluding hydrogens is 289 g/mol. The smallest absolute Gasteiger partial charge is 0.137 e. The molecule has 0 atom stereocenters. The molecule has 1 aromatic heterocycles. The quantitative estimate of drug-likeness (QED) is 0.902. The summed E-state index contributed by atoms with van der Waals surface area (Å²) >= 11 is 4.87. The molecule has 0 aliphatic heterocycles. The molecule has 0 saturated carbocycles. The van der Waals surface area contributed by atoms with E-state index in [1.807, 2.05) is 0 Å². The zero-order valence-corrected chi connectivity index (χ0v) is 10.9. The van der Waals surface area contributed by atoms with Crippen molar-refractivity contribution in [2.24, 2.45) is 0 Å². The molecule has 0 aliphatic carbocycles. The van der Waals surface area contributed by atoms with Crippen molar-refractivity contribution in [3.05, 3.63) is 56.4 Å². The lowest BCUT2D eigenvalue weighted by Gasteiger charge is -2.04. The van der Waals surface area contributed by atoms with Crippen LogP contribution in [0.2, 0.25) is 0 Å². The van der Waals surface area contributed by atoms with Crippen molar-refractivity contribution < 1.29 is 4.39 Å². The zero-order valence-electron chi connectivity index (χ0n) is 8.54. The lowest BCUT2D eigenvalue weighted by molar-refractivity contribution is 0.618. The fraction of sp³-hybridized carbons (Fsp3) is 0.167. The van der Waals surface area contributed by atoms with E-state index >= 15 is 0 Å². The van der Waals surface area contributed by atoms with Gasteiger partial charge in [-0.1, -0.05) is 6.07 Å². The summed E-state index contributed by atoms with van der Waals surface area (Å²) in [5.41, 5.74) is 2.36. The third-order valence-corrected chi connectivity index (χ3v) is 3.56. The zero-order chi connectivity index (χ0) is 11.4. The lowest BCUT2D eigenvalue weighted by Crippen LogP contribution is -2.12. The van der Waals surface area contributed by atoms with Crippen LogP contribution in [0.3, 0.4) is 0 Å². The summed E-state index contributed by atoms with van der Waals surface area (Å²) in [6.07, 6.45) is 0. The fourth-order valence-corrected chi connectivity index (χ4v) is 2.49. The molecular formula is C12H11BrFNS. The average Bonchev–Trinajstić information content (AvgIpc) is 2.76. The normalized spacial score (nSPS) is 10.6. The molecule has 0 amide bonds. The maximum Gasteiger partial charge on any atom is 0.137 e. The molecule has 0 saturated heterocycles. The van der Waals surface area contributed by atoms with Gasteiger partial charge in [-0.05, 0) is 56.0 Å². The Morgan fingerprint density at radius 3 is 2.69 bits per heavy atom. The van der Waals surface area contributed by atoms with Gasteiger partial charge < -0.3 is 5.32 Å². The Morgan fingerprint density at radius 1 is 1.19 bits per heavy atom. The molecule has 2 rings (SSSR count). The first-order valence-corrected chi connectivity index (χ1v) is 6.65. The van der Waals surface area contributed by atoms with Crippen LogP contribution >= 0.6 is 27.3 Å². The van der Waals surface area contributed by atoms with Crippen LogP contribution in [0.25, 0.3) is 0 Å². The highest BCUT2D eigenvalue weighted by atomic mass is 79.9. The van der Waals surface area contributed by atoms with E-state index in [1.165, 1.54) is 11.6 Å². The first kappa shape index (κ1) is 11.8. The minimum Gasteiger partial charge on any atom is -0.309 e. The van der Waals surface area contributed by atoms with Crippen LogP contribution < -0.4 is 5.32 Å². The van der Waals surface area contributed by atoms with E-state index in [-0.39, 0.29) is 5.82 Å². The SMILES string of the molecule is Fc1ccc(CNCc2ccsc2)cc1Br. The summed E-state index contributed by atoms with van der Waals surface area (Å²) in [5, 5.41) is 7.49. The molecule has 4 heteroatoms. The number of thiophene rings is 1. The van der Waals surface area contributed by atoms with Crippen molar-refractivity contribution in [1.82, 2.24) is 5.32 Å². The molecule has 1 heterocycles. The summed E-state index contributed by atoms with van der Waals surface area (Å²) in [7, 11) is 0. The third-order valence-electron chi connectivity index (χ3n) is 2.22. The molecule has 1 N–H and O–H groups in total. The van der Waals surface area contributed by atoms with Crippen LogP contribution in [0.1, 0.15) is 11.1 Å². The van der Waals surface area contributed by atoms with Crippen molar-refractivity contribution in [2.45, 2.75) is 13.1 Å². The van der Waals surface area contributed by atoms with Crippen LogP contribution in [0.15, 0.2) is 39.5 Å². The van der Waals surface area contributed by atoms with Crippen molar-refractivity contribution in [1.29, 1.82) is 0 Å². The second-order valence-electron chi connectivity index (χ2n) is 3.48. The van der Waals surface area contributed by atoms with Crippen LogP contribution in [0, 0.1) is 5.82 Å². The van der Waals surface area contributed by atoms with Gasteiger partial charge in [-0.25, -0.2) is 4.39 Å². The van der Waals surface area contributed by atoms with Crippen molar-refractivity contribution in [2.75, 3.05) is 0 Å². The Labute approximate surface area is 106 Å². The van der Waals surface area contributed by atoms with Gasteiger partial charge in [-0.2, -0.15) is 11.3 Å². The Morgan fingerprint density at radius 2 is 2.00 bits per heavy atom. The highest BCUT2D eigenvalue weighted by Gasteiger charge is 2.00. The van der Waals surface area contributed by atoms with Crippen LogP contribution in [-0.4, -0.2) is 0 Å². The first-order valence-electron chi connectivity index (χ1n) is 4.91. The third kappa shape index (κ3) is 3.14. The number of rotatable bonds is 4. The molecule has 84 valence electrons. The summed E-state index contributed by atoms with van der Waals surface area (Å²) in [6, 6.07) is 7.17. The van der Waals surface area contributed by atoms with Gasteiger partial charge in [-0.15, -0.1) is 0 Å². The number of hydrogen-bond donors (Lipinski definition) is 1. The van der Waals surface area contributed by atoms with Gasteiger partial charge in [0.25, 0.3) is 0 Å². The van der Waals surface area contributed by atoms with Crippen molar-refractivity contribution >= 4 is 27.3 Å². The molecule has 16 heavy (non-hydrogen) atoms. The minimum absolute atomic E-state index is 0.221. The number of nitrogens with one attached hydrogen (secondary N) is 1. The van der Waals surface area contributed by atoms with E-state index < -0.39 is 0 Å². The first-order chi connectivity index (χ1) is 7.75. The monoisotopic (exact) mass is 299 g/mol. The van der Waals surface area contributed by atoms with Gasteiger partial charge in [0.2, 0.25) is 0 Å². The van der Waals surface area contributed by atoms with Crippen LogP contribution in [0.4, 0.5) is 4.39 Å². The lowest BCUT2D eigenvalue weighted by atomic mass is 10.2. The molecule has 1 aromatic carbocycles. The summed E-state index contributed by atoms with van der Waals surface area (Å²) < 4.78 is 13.5. The van der Waals surface area contributed by atoms with Gasteiger partial charge in [0.15, 0.2) is 0 Å². The van der Waals surface area contributed by atoms with Crippen molar-refractivity contribution in [3.63, 3.8) is 0 Å². The second kappa shape index (κ2) is 5.57. The van der Waals surface area contributed by atoms with Gasteiger partial charge >= 0.3 is 0 Å². The average molecular weight is 300 g/mol. The maximum atomic E-state index is 13.0. The molecule has 0 fully saturated rings.